The highest BCUT2D eigenvalue weighted by atomic mass is 35.5. The van der Waals surface area contributed by atoms with Crippen LogP contribution in [0.5, 0.6) is 0 Å². The molecule has 0 aliphatic rings. The third-order valence-corrected chi connectivity index (χ3v) is 3.87. The van der Waals surface area contributed by atoms with Crippen LogP contribution in [0.4, 0.5) is 5.69 Å². The van der Waals surface area contributed by atoms with Crippen LogP contribution in [-0.2, 0) is 0 Å². The molecule has 0 atom stereocenters. The number of nitrogens with zero attached hydrogens (tertiary/aromatic N) is 2. The number of amides is 1. The van der Waals surface area contributed by atoms with Crippen molar-refractivity contribution in [3.63, 3.8) is 0 Å². The average molecular weight is 346 g/mol. The molecule has 0 saturated heterocycles. The Bertz CT molecular complexity index is 857. The van der Waals surface area contributed by atoms with Crippen molar-refractivity contribution in [1.82, 2.24) is 9.78 Å². The topological polar surface area (TPSA) is 46.9 Å². The van der Waals surface area contributed by atoms with E-state index in [2.05, 4.69) is 10.4 Å². The molecule has 0 aliphatic heterocycles. The van der Waals surface area contributed by atoms with Crippen molar-refractivity contribution in [2.45, 2.75) is 6.92 Å². The largest absolute Gasteiger partial charge is 0.321 e. The van der Waals surface area contributed by atoms with Crippen molar-refractivity contribution in [1.29, 1.82) is 0 Å². The molecule has 6 heteroatoms. The number of hydrogen-bond acceptors (Lipinski definition) is 2. The van der Waals surface area contributed by atoms with Crippen LogP contribution in [0.15, 0.2) is 54.9 Å². The Hall–Kier alpha value is -2.30. The van der Waals surface area contributed by atoms with Crippen LogP contribution in [0, 0.1) is 6.92 Å². The summed E-state index contributed by atoms with van der Waals surface area (Å²) in [4.78, 5) is 12.3. The van der Waals surface area contributed by atoms with E-state index in [1.807, 2.05) is 25.1 Å². The summed E-state index contributed by atoms with van der Waals surface area (Å²) in [5.74, 6) is -0.268. The summed E-state index contributed by atoms with van der Waals surface area (Å²) >= 11 is 12.0. The molecule has 0 fully saturated rings. The van der Waals surface area contributed by atoms with Crippen molar-refractivity contribution in [3.8, 4) is 5.69 Å². The lowest BCUT2D eigenvalue weighted by molar-refractivity contribution is 0.102. The summed E-state index contributed by atoms with van der Waals surface area (Å²) in [5, 5.41) is 8.13. The van der Waals surface area contributed by atoms with E-state index in [-0.39, 0.29) is 5.91 Å². The fourth-order valence-electron chi connectivity index (χ4n) is 2.09. The molecule has 0 unspecified atom stereocenters. The smallest absolute Gasteiger partial charge is 0.258 e. The van der Waals surface area contributed by atoms with Crippen molar-refractivity contribution >= 4 is 34.8 Å². The van der Waals surface area contributed by atoms with Gasteiger partial charge in [-0.3, -0.25) is 4.79 Å². The Morgan fingerprint density at radius 3 is 2.57 bits per heavy atom. The van der Waals surface area contributed by atoms with Gasteiger partial charge in [0, 0.05) is 11.2 Å². The van der Waals surface area contributed by atoms with Gasteiger partial charge in [0.2, 0.25) is 0 Å². The number of halogens is 2. The molecule has 1 amide bonds. The number of benzene rings is 2. The number of aromatic nitrogens is 2. The lowest BCUT2D eigenvalue weighted by Crippen LogP contribution is -2.11. The molecule has 1 aromatic heterocycles. The molecule has 116 valence electrons. The second-order valence-electron chi connectivity index (χ2n) is 5.09. The maximum atomic E-state index is 12.3. The van der Waals surface area contributed by atoms with E-state index in [0.29, 0.717) is 21.3 Å². The molecule has 3 aromatic rings. The van der Waals surface area contributed by atoms with Gasteiger partial charge in [0.1, 0.15) is 0 Å². The molecule has 0 radical (unpaired) electrons. The Morgan fingerprint density at radius 2 is 1.87 bits per heavy atom. The van der Waals surface area contributed by atoms with Gasteiger partial charge in [0.15, 0.2) is 0 Å². The lowest BCUT2D eigenvalue weighted by Gasteiger charge is -2.06. The van der Waals surface area contributed by atoms with Crippen LogP contribution in [-0.4, -0.2) is 15.7 Å². The molecule has 4 nitrogen and oxygen atoms in total. The molecular weight excluding hydrogens is 333 g/mol. The average Bonchev–Trinajstić information content (AvgIpc) is 3.01. The van der Waals surface area contributed by atoms with Crippen molar-refractivity contribution in [3.05, 3.63) is 76.0 Å². The predicted molar refractivity (Wildman–Crippen MR) is 92.7 cm³/mol. The lowest BCUT2D eigenvalue weighted by atomic mass is 10.2. The Balaban J connectivity index is 1.79. The van der Waals surface area contributed by atoms with Gasteiger partial charge in [-0.2, -0.15) is 5.10 Å². The molecule has 0 bridgehead atoms. The number of hydrogen-bond donors (Lipinski definition) is 1. The number of rotatable bonds is 3. The van der Waals surface area contributed by atoms with Gasteiger partial charge in [-0.1, -0.05) is 29.3 Å². The van der Waals surface area contributed by atoms with Gasteiger partial charge in [-0.15, -0.1) is 0 Å². The SMILES string of the molecule is Cc1ccc(NC(=O)c2cnn(-c3ccc(Cl)cc3)c2)c(Cl)c1. The summed E-state index contributed by atoms with van der Waals surface area (Å²) in [5.41, 5.74) is 2.86. The Labute approximate surface area is 143 Å². The first kappa shape index (κ1) is 15.6. The van der Waals surface area contributed by atoms with E-state index >= 15 is 0 Å². The zero-order valence-electron chi connectivity index (χ0n) is 12.3. The van der Waals surface area contributed by atoms with E-state index in [4.69, 9.17) is 23.2 Å². The fourth-order valence-corrected chi connectivity index (χ4v) is 2.50. The normalized spacial score (nSPS) is 10.6. The highest BCUT2D eigenvalue weighted by Gasteiger charge is 2.11. The zero-order valence-corrected chi connectivity index (χ0v) is 13.8. The van der Waals surface area contributed by atoms with Crippen LogP contribution in [0.3, 0.4) is 0 Å². The first-order valence-electron chi connectivity index (χ1n) is 6.91. The first-order valence-corrected chi connectivity index (χ1v) is 7.66. The van der Waals surface area contributed by atoms with Gasteiger partial charge >= 0.3 is 0 Å². The molecule has 1 N–H and O–H groups in total. The summed E-state index contributed by atoms with van der Waals surface area (Å²) in [6.07, 6.45) is 3.16. The second-order valence-corrected chi connectivity index (χ2v) is 5.93. The maximum Gasteiger partial charge on any atom is 0.258 e. The highest BCUT2D eigenvalue weighted by Crippen LogP contribution is 2.23. The number of carbonyl (C=O) groups excluding carboxylic acids is 1. The van der Waals surface area contributed by atoms with Crippen LogP contribution in [0.2, 0.25) is 10.0 Å². The molecule has 0 spiro atoms. The molecule has 0 saturated carbocycles. The van der Waals surface area contributed by atoms with E-state index in [0.717, 1.165) is 11.3 Å². The number of nitrogens with one attached hydrogen (secondary N) is 1. The molecule has 1 heterocycles. The third kappa shape index (κ3) is 3.55. The summed E-state index contributed by atoms with van der Waals surface area (Å²) in [6, 6.07) is 12.7. The maximum absolute atomic E-state index is 12.3. The van der Waals surface area contributed by atoms with E-state index in [9.17, 15) is 4.79 Å². The van der Waals surface area contributed by atoms with Gasteiger partial charge in [0.05, 0.1) is 28.2 Å². The van der Waals surface area contributed by atoms with Gasteiger partial charge in [-0.25, -0.2) is 4.68 Å². The van der Waals surface area contributed by atoms with Crippen LogP contribution in [0.1, 0.15) is 15.9 Å². The minimum atomic E-state index is -0.268. The second kappa shape index (κ2) is 6.44. The van der Waals surface area contributed by atoms with Gasteiger partial charge < -0.3 is 5.32 Å². The quantitative estimate of drug-likeness (QED) is 0.745. The molecular formula is C17H13Cl2N3O. The Morgan fingerprint density at radius 1 is 1.13 bits per heavy atom. The van der Waals surface area contributed by atoms with Crippen LogP contribution >= 0.6 is 23.2 Å². The van der Waals surface area contributed by atoms with Crippen LogP contribution in [0.25, 0.3) is 5.69 Å². The number of anilines is 1. The minimum absolute atomic E-state index is 0.268. The summed E-state index contributed by atoms with van der Waals surface area (Å²) in [6.45, 7) is 1.94. The summed E-state index contributed by atoms with van der Waals surface area (Å²) in [7, 11) is 0. The highest BCUT2D eigenvalue weighted by molar-refractivity contribution is 6.34. The fraction of sp³-hybridized carbons (Fsp3) is 0.0588. The van der Waals surface area contributed by atoms with E-state index in [1.54, 1.807) is 35.1 Å². The number of aryl methyl sites for hydroxylation is 1. The predicted octanol–water partition coefficient (Wildman–Crippen LogP) is 4.74. The van der Waals surface area contributed by atoms with Crippen molar-refractivity contribution in [2.75, 3.05) is 5.32 Å². The van der Waals surface area contributed by atoms with Crippen molar-refractivity contribution in [2.24, 2.45) is 0 Å². The van der Waals surface area contributed by atoms with Gasteiger partial charge in [0.25, 0.3) is 5.91 Å². The van der Waals surface area contributed by atoms with E-state index < -0.39 is 0 Å². The molecule has 0 aliphatic carbocycles. The standard InChI is InChI=1S/C17H13Cl2N3O/c1-11-2-7-16(15(19)8-11)21-17(23)12-9-20-22(10-12)14-5-3-13(18)4-6-14/h2-10H,1H3,(H,21,23). The minimum Gasteiger partial charge on any atom is -0.321 e. The number of carbonyl (C=O) groups is 1. The first-order chi connectivity index (χ1) is 11.0. The third-order valence-electron chi connectivity index (χ3n) is 3.31. The molecule has 23 heavy (non-hydrogen) atoms. The molecule has 2 aromatic carbocycles. The summed E-state index contributed by atoms with van der Waals surface area (Å²) < 4.78 is 1.61. The Kier molecular flexibility index (Phi) is 4.37. The van der Waals surface area contributed by atoms with Crippen molar-refractivity contribution < 1.29 is 4.79 Å². The van der Waals surface area contributed by atoms with Crippen LogP contribution < -0.4 is 5.32 Å². The van der Waals surface area contributed by atoms with E-state index in [1.165, 1.54) is 6.20 Å². The van der Waals surface area contributed by atoms with Gasteiger partial charge in [-0.05, 0) is 48.9 Å². The monoisotopic (exact) mass is 345 g/mol. The molecule has 3 rings (SSSR count). The zero-order chi connectivity index (χ0) is 16.4.